The van der Waals surface area contributed by atoms with E-state index in [2.05, 4.69) is 37.6 Å². The van der Waals surface area contributed by atoms with Crippen molar-refractivity contribution in [3.63, 3.8) is 0 Å². The first kappa shape index (κ1) is 29.9. The maximum Gasteiger partial charge on any atom is 0.205 e. The largest absolute Gasteiger partial charge is 0.367 e. The van der Waals surface area contributed by atoms with Crippen LogP contribution in [0.2, 0.25) is 0 Å². The summed E-state index contributed by atoms with van der Waals surface area (Å²) in [5, 5.41) is 9.49. The van der Waals surface area contributed by atoms with Gasteiger partial charge in [0.15, 0.2) is 0 Å². The lowest BCUT2D eigenvalue weighted by atomic mass is 9.80. The highest BCUT2D eigenvalue weighted by Crippen LogP contribution is 2.35. The number of ketones is 1. The quantitative estimate of drug-likeness (QED) is 0.162. The predicted octanol–water partition coefficient (Wildman–Crippen LogP) is 7.68. The van der Waals surface area contributed by atoms with Crippen LogP contribution in [0, 0.1) is 35.0 Å². The van der Waals surface area contributed by atoms with Crippen LogP contribution < -0.4 is 0 Å². The van der Waals surface area contributed by atoms with Crippen molar-refractivity contribution in [2.75, 3.05) is 7.05 Å². The van der Waals surface area contributed by atoms with Crippen molar-refractivity contribution in [3.05, 3.63) is 95.2 Å². The van der Waals surface area contributed by atoms with Gasteiger partial charge in [0.25, 0.3) is 0 Å². The summed E-state index contributed by atoms with van der Waals surface area (Å²) in [5.41, 5.74) is 2.68. The third-order valence-electron chi connectivity index (χ3n) is 6.82. The lowest BCUT2D eigenvalue weighted by Crippen LogP contribution is -2.43. The minimum absolute atomic E-state index is 0.00331. The van der Waals surface area contributed by atoms with Gasteiger partial charge in [-0.1, -0.05) is 73.9 Å². The summed E-state index contributed by atoms with van der Waals surface area (Å²) in [7, 11) is 1.82. The van der Waals surface area contributed by atoms with Gasteiger partial charge in [0, 0.05) is 41.6 Å². The molecule has 1 saturated carbocycles. The smallest absolute Gasteiger partial charge is 0.205 e. The van der Waals surface area contributed by atoms with Crippen LogP contribution in [0.4, 0.5) is 4.39 Å². The average Bonchev–Trinajstić information content (AvgIpc) is 2.87. The fourth-order valence-electron chi connectivity index (χ4n) is 4.25. The zero-order valence-corrected chi connectivity index (χ0v) is 22.8. The molecule has 0 radical (unpaired) electrons. The van der Waals surface area contributed by atoms with E-state index in [1.165, 1.54) is 0 Å². The number of nitrogens with zero attached hydrogens (tertiary/aromatic N) is 2. The lowest BCUT2D eigenvalue weighted by molar-refractivity contribution is -0.114. The number of benzene rings is 1. The molecular weight excluding hydrogens is 483 g/mol. The molecule has 1 aromatic carbocycles. The fourth-order valence-corrected chi connectivity index (χ4v) is 4.57. The van der Waals surface area contributed by atoms with E-state index in [9.17, 15) is 4.79 Å². The molecule has 1 aliphatic rings. The molecule has 0 N–H and O–H groups in total. The SMILES string of the molecule is C=CC/C(Cl)=C(/C(=O)C(=C)CCC(=C)C(F)C(C)/C(C#Cc1ccccc1)=C\C)N(C)C1CC(C#N)C1. The fraction of sp³-hybridized carbons (Fsp3) is 0.375. The number of Topliss-reactive ketones (excluding diaryl/α,β-unsaturated/α-hetero) is 1. The van der Waals surface area contributed by atoms with Gasteiger partial charge in [0.2, 0.25) is 5.78 Å². The molecule has 37 heavy (non-hydrogen) atoms. The predicted molar refractivity (Wildman–Crippen MR) is 151 cm³/mol. The highest BCUT2D eigenvalue weighted by atomic mass is 35.5. The summed E-state index contributed by atoms with van der Waals surface area (Å²) < 4.78 is 15.4. The highest BCUT2D eigenvalue weighted by Gasteiger charge is 2.35. The molecule has 0 saturated heterocycles. The monoisotopic (exact) mass is 518 g/mol. The molecule has 194 valence electrons. The molecule has 1 fully saturated rings. The zero-order chi connectivity index (χ0) is 27.5. The second-order valence-corrected chi connectivity index (χ2v) is 9.91. The molecule has 3 nitrogen and oxygen atoms in total. The molecule has 0 aromatic heterocycles. The van der Waals surface area contributed by atoms with E-state index in [1.807, 2.05) is 55.3 Å². The van der Waals surface area contributed by atoms with Crippen LogP contribution in [0.3, 0.4) is 0 Å². The molecule has 1 aliphatic carbocycles. The molecule has 2 unspecified atom stereocenters. The van der Waals surface area contributed by atoms with Gasteiger partial charge in [-0.25, -0.2) is 4.39 Å². The van der Waals surface area contributed by atoms with Gasteiger partial charge in [-0.05, 0) is 55.9 Å². The van der Waals surface area contributed by atoms with Gasteiger partial charge in [-0.2, -0.15) is 5.26 Å². The van der Waals surface area contributed by atoms with Crippen LogP contribution >= 0.6 is 11.6 Å². The Kier molecular flexibility index (Phi) is 11.6. The number of hydrogen-bond donors (Lipinski definition) is 0. The summed E-state index contributed by atoms with van der Waals surface area (Å²) in [6, 6.07) is 11.9. The van der Waals surface area contributed by atoms with E-state index in [0.717, 1.165) is 5.56 Å². The average molecular weight is 519 g/mol. The lowest BCUT2D eigenvalue weighted by Gasteiger charge is -2.40. The van der Waals surface area contributed by atoms with Crippen molar-refractivity contribution in [1.82, 2.24) is 4.90 Å². The van der Waals surface area contributed by atoms with Crippen molar-refractivity contribution in [2.45, 2.75) is 58.2 Å². The van der Waals surface area contributed by atoms with Crippen molar-refractivity contribution in [1.29, 1.82) is 5.26 Å². The number of alkyl halides is 1. The van der Waals surface area contributed by atoms with E-state index in [1.54, 1.807) is 13.0 Å². The number of allylic oxidation sites excluding steroid dienone is 6. The molecule has 0 aliphatic heterocycles. The summed E-state index contributed by atoms with van der Waals surface area (Å²) in [5.74, 6) is 5.44. The first-order valence-corrected chi connectivity index (χ1v) is 12.9. The second-order valence-electron chi connectivity index (χ2n) is 9.45. The molecular formula is C32H36ClFN2O. The van der Waals surface area contributed by atoms with Crippen molar-refractivity contribution >= 4 is 17.4 Å². The molecule has 2 rings (SSSR count). The first-order valence-electron chi connectivity index (χ1n) is 12.5. The van der Waals surface area contributed by atoms with Crippen LogP contribution in [-0.2, 0) is 4.79 Å². The maximum atomic E-state index is 15.4. The van der Waals surface area contributed by atoms with Crippen molar-refractivity contribution in [2.24, 2.45) is 11.8 Å². The van der Waals surface area contributed by atoms with Crippen LogP contribution in [0.25, 0.3) is 0 Å². The first-order chi connectivity index (χ1) is 17.6. The number of rotatable bonds is 12. The second kappa shape index (κ2) is 14.4. The van der Waals surface area contributed by atoms with E-state index >= 15 is 4.39 Å². The molecule has 2 atom stereocenters. The Labute approximate surface area is 226 Å². The highest BCUT2D eigenvalue weighted by molar-refractivity contribution is 6.32. The molecule has 0 heterocycles. The minimum Gasteiger partial charge on any atom is -0.367 e. The van der Waals surface area contributed by atoms with Crippen LogP contribution in [0.1, 0.15) is 51.5 Å². The van der Waals surface area contributed by atoms with Gasteiger partial charge in [-0.3, -0.25) is 4.79 Å². The van der Waals surface area contributed by atoms with Crippen molar-refractivity contribution < 1.29 is 9.18 Å². The number of halogens is 2. The normalized spacial score (nSPS) is 19.1. The Hall–Kier alpha value is -3.34. The Morgan fingerprint density at radius 2 is 1.92 bits per heavy atom. The van der Waals surface area contributed by atoms with E-state index in [-0.39, 0.29) is 30.6 Å². The molecule has 1 aromatic rings. The Morgan fingerprint density at radius 1 is 1.27 bits per heavy atom. The van der Waals surface area contributed by atoms with Gasteiger partial charge < -0.3 is 4.90 Å². The summed E-state index contributed by atoms with van der Waals surface area (Å²) in [4.78, 5) is 15.2. The number of carbonyl (C=O) groups excluding carboxylic acids is 1. The van der Waals surface area contributed by atoms with Gasteiger partial charge in [0.05, 0.1) is 12.0 Å². The van der Waals surface area contributed by atoms with E-state index < -0.39 is 12.1 Å². The van der Waals surface area contributed by atoms with Gasteiger partial charge >= 0.3 is 0 Å². The number of hydrogen-bond acceptors (Lipinski definition) is 3. The third kappa shape index (κ3) is 8.08. The van der Waals surface area contributed by atoms with E-state index in [0.29, 0.717) is 46.7 Å². The number of carbonyl (C=O) groups is 1. The Morgan fingerprint density at radius 3 is 2.49 bits per heavy atom. The van der Waals surface area contributed by atoms with Crippen molar-refractivity contribution in [3.8, 4) is 17.9 Å². The zero-order valence-electron chi connectivity index (χ0n) is 22.1. The van der Waals surface area contributed by atoms with Gasteiger partial charge in [0.1, 0.15) is 11.9 Å². The van der Waals surface area contributed by atoms with Crippen LogP contribution in [0.5, 0.6) is 0 Å². The topological polar surface area (TPSA) is 44.1 Å². The van der Waals surface area contributed by atoms with Crippen LogP contribution in [0.15, 0.2) is 89.7 Å². The number of likely N-dealkylation sites (N-methyl/N-ethyl adjacent to an activating group) is 1. The summed E-state index contributed by atoms with van der Waals surface area (Å²) in [6.45, 7) is 15.3. The Bertz CT molecular complexity index is 1170. The Balaban J connectivity index is 2.04. The summed E-state index contributed by atoms with van der Waals surface area (Å²) in [6.07, 6.45) is 4.44. The molecule has 0 bridgehead atoms. The number of nitriles is 1. The van der Waals surface area contributed by atoms with Crippen LogP contribution in [-0.4, -0.2) is 29.9 Å². The van der Waals surface area contributed by atoms with Gasteiger partial charge in [-0.15, -0.1) is 6.58 Å². The third-order valence-corrected chi connectivity index (χ3v) is 7.15. The molecule has 0 amide bonds. The maximum absolute atomic E-state index is 15.4. The molecule has 5 heteroatoms. The molecule has 0 spiro atoms. The minimum atomic E-state index is -1.31. The van der Waals surface area contributed by atoms with E-state index in [4.69, 9.17) is 16.9 Å². The standard InChI is InChI=1S/C32H36ClFN2O/c1-7-12-29(33)31(36(6)28-19-26(20-28)21-35)32(37)23(4)16-15-22(3)30(34)24(5)27(8-2)18-17-25-13-10-9-11-14-25/h7-11,13-14,24,26,28,30H,1,3-4,12,15-16,19-20H2,2,5-6H3/b27-8-,31-29+. The summed E-state index contributed by atoms with van der Waals surface area (Å²) >= 11 is 6.50.